The Kier molecular flexibility index (Phi) is 8.78. The second-order valence-electron chi connectivity index (χ2n) is 8.26. The van der Waals surface area contributed by atoms with Crippen LogP contribution in [0.2, 0.25) is 5.02 Å². The van der Waals surface area contributed by atoms with Crippen molar-refractivity contribution in [2.75, 3.05) is 52.7 Å². The molecule has 2 saturated heterocycles. The number of amides is 2. The minimum absolute atomic E-state index is 0.0891. The van der Waals surface area contributed by atoms with Crippen LogP contribution in [0.15, 0.2) is 24.3 Å². The monoisotopic (exact) mass is 464 g/mol. The Bertz CT molecular complexity index is 842. The predicted octanol–water partition coefficient (Wildman–Crippen LogP) is 2.32. The lowest BCUT2D eigenvalue weighted by molar-refractivity contribution is -0.126. The largest absolute Gasteiger partial charge is 0.496 e. The molecule has 0 saturated carbocycles. The van der Waals surface area contributed by atoms with Crippen molar-refractivity contribution in [3.63, 3.8) is 0 Å². The van der Waals surface area contributed by atoms with Gasteiger partial charge in [-0.15, -0.1) is 0 Å². The maximum Gasteiger partial charge on any atom is 0.255 e. The molecule has 2 atom stereocenters. The van der Waals surface area contributed by atoms with Gasteiger partial charge in [-0.2, -0.15) is 0 Å². The zero-order chi connectivity index (χ0) is 23.1. The molecule has 2 fully saturated rings. The number of likely N-dealkylation sites (tertiary alicyclic amines) is 2. The predicted molar refractivity (Wildman–Crippen MR) is 125 cm³/mol. The zero-order valence-corrected chi connectivity index (χ0v) is 19.6. The summed E-state index contributed by atoms with van der Waals surface area (Å²) < 4.78 is 11.0. The summed E-state index contributed by atoms with van der Waals surface area (Å²) in [5, 5.41) is 3.35. The first-order valence-electron chi connectivity index (χ1n) is 11.1. The van der Waals surface area contributed by atoms with E-state index in [0.29, 0.717) is 35.1 Å². The Hall–Kier alpha value is -2.29. The van der Waals surface area contributed by atoms with Crippen molar-refractivity contribution in [3.05, 3.63) is 34.9 Å². The molecule has 0 unspecified atom stereocenters. The summed E-state index contributed by atoms with van der Waals surface area (Å²) in [5.74, 6) is 0.182. The summed E-state index contributed by atoms with van der Waals surface area (Å²) in [4.78, 5) is 29.3. The minimum atomic E-state index is -0.281. The molecule has 176 valence electrons. The van der Waals surface area contributed by atoms with E-state index in [0.717, 1.165) is 38.9 Å². The number of nitrogen functional groups attached to an aromatic ring is 1. The summed E-state index contributed by atoms with van der Waals surface area (Å²) >= 11 is 6.10. The topological polar surface area (TPSA) is 97.1 Å². The van der Waals surface area contributed by atoms with E-state index in [1.54, 1.807) is 19.3 Å². The van der Waals surface area contributed by atoms with E-state index >= 15 is 0 Å². The van der Waals surface area contributed by atoms with Gasteiger partial charge in [-0.25, -0.2) is 0 Å². The Labute approximate surface area is 194 Å². The van der Waals surface area contributed by atoms with Crippen LogP contribution in [0.5, 0.6) is 5.75 Å². The van der Waals surface area contributed by atoms with Crippen LogP contribution in [0.1, 0.15) is 36.0 Å². The number of methoxy groups -OCH3 is 2. The molecule has 3 rings (SSSR count). The fourth-order valence-electron chi connectivity index (χ4n) is 4.23. The molecule has 8 nitrogen and oxygen atoms in total. The Morgan fingerprint density at radius 3 is 2.66 bits per heavy atom. The Morgan fingerprint density at radius 1 is 1.22 bits per heavy atom. The maximum atomic E-state index is 12.9. The number of nitrogens with one attached hydrogen (secondary N) is 1. The average Bonchev–Trinajstić information content (AvgIpc) is 2.81. The first-order chi connectivity index (χ1) is 15.4. The fourth-order valence-corrected chi connectivity index (χ4v) is 4.40. The molecule has 1 aromatic carbocycles. The van der Waals surface area contributed by atoms with Crippen LogP contribution >= 0.6 is 11.6 Å². The number of piperidine rings is 2. The molecular weight excluding hydrogens is 432 g/mol. The number of hydrogen-bond donors (Lipinski definition) is 2. The molecule has 3 N–H and O–H groups in total. The van der Waals surface area contributed by atoms with Crippen LogP contribution in [0.25, 0.3) is 0 Å². The van der Waals surface area contributed by atoms with Crippen molar-refractivity contribution in [1.82, 2.24) is 15.1 Å². The third kappa shape index (κ3) is 6.15. The van der Waals surface area contributed by atoms with Gasteiger partial charge in [0.15, 0.2) is 0 Å². The molecule has 0 bridgehead atoms. The van der Waals surface area contributed by atoms with Gasteiger partial charge in [0.1, 0.15) is 5.75 Å². The number of hydrogen-bond acceptors (Lipinski definition) is 6. The number of carbonyl (C=O) groups excluding carboxylic acids is 2. The van der Waals surface area contributed by atoms with Crippen molar-refractivity contribution in [2.24, 2.45) is 0 Å². The van der Waals surface area contributed by atoms with Crippen LogP contribution < -0.4 is 15.8 Å². The molecule has 2 heterocycles. The van der Waals surface area contributed by atoms with Crippen LogP contribution in [0.3, 0.4) is 0 Å². The summed E-state index contributed by atoms with van der Waals surface area (Å²) in [5.41, 5.74) is 6.50. The average molecular weight is 465 g/mol. The summed E-state index contributed by atoms with van der Waals surface area (Å²) in [7, 11) is 3.13. The van der Waals surface area contributed by atoms with Crippen molar-refractivity contribution in [2.45, 2.75) is 37.8 Å². The van der Waals surface area contributed by atoms with Crippen molar-refractivity contribution >= 4 is 29.1 Å². The number of ether oxygens (including phenoxy) is 2. The SMILES string of the molecule is COc1cc(N)c(Cl)cc1C(=O)N[C@H]1CCN(C/C=C/C(=O)N2CCCCC2)C[C@H]1OC. The van der Waals surface area contributed by atoms with Crippen molar-refractivity contribution in [1.29, 1.82) is 0 Å². The normalized spacial score (nSPS) is 22.2. The smallest absolute Gasteiger partial charge is 0.255 e. The highest BCUT2D eigenvalue weighted by Crippen LogP contribution is 2.29. The summed E-state index contributed by atoms with van der Waals surface area (Å²) in [6.45, 7) is 3.81. The molecule has 2 aliphatic heterocycles. The minimum Gasteiger partial charge on any atom is -0.496 e. The molecule has 2 aliphatic rings. The third-order valence-electron chi connectivity index (χ3n) is 6.12. The van der Waals surface area contributed by atoms with Gasteiger partial charge >= 0.3 is 0 Å². The molecule has 1 aromatic rings. The Morgan fingerprint density at radius 2 is 1.97 bits per heavy atom. The molecule has 0 radical (unpaired) electrons. The Balaban J connectivity index is 1.54. The zero-order valence-electron chi connectivity index (χ0n) is 18.8. The van der Waals surface area contributed by atoms with E-state index in [1.807, 2.05) is 11.0 Å². The number of anilines is 1. The molecule has 0 aromatic heterocycles. The molecule has 9 heteroatoms. The van der Waals surface area contributed by atoms with Gasteiger partial charge < -0.3 is 25.4 Å². The van der Waals surface area contributed by atoms with Gasteiger partial charge in [-0.1, -0.05) is 17.7 Å². The van der Waals surface area contributed by atoms with Gasteiger partial charge in [0.2, 0.25) is 5.91 Å². The standard InChI is InChI=1S/C23H33ClN4O4/c1-31-20-14-18(25)17(24)13-16(20)23(30)26-19-8-12-27(15-21(19)32-2)9-6-7-22(29)28-10-4-3-5-11-28/h6-7,13-14,19,21H,3-5,8-12,15,25H2,1-2H3,(H,26,30)/b7-6+/t19-,21+/m0/s1. The number of nitrogens with zero attached hydrogens (tertiary/aromatic N) is 2. The first-order valence-corrected chi connectivity index (χ1v) is 11.4. The number of halogens is 1. The molecule has 2 amide bonds. The molecule has 0 spiro atoms. The highest BCUT2D eigenvalue weighted by Gasteiger charge is 2.31. The van der Waals surface area contributed by atoms with E-state index in [-0.39, 0.29) is 24.0 Å². The second-order valence-corrected chi connectivity index (χ2v) is 8.67. The first kappa shape index (κ1) is 24.4. The molecule has 0 aliphatic carbocycles. The highest BCUT2D eigenvalue weighted by molar-refractivity contribution is 6.33. The molecular formula is C23H33ClN4O4. The number of rotatable bonds is 7. The van der Waals surface area contributed by atoms with Crippen LogP contribution in [0, 0.1) is 0 Å². The van der Waals surface area contributed by atoms with Crippen LogP contribution in [-0.2, 0) is 9.53 Å². The van der Waals surface area contributed by atoms with Gasteiger partial charge in [0, 0.05) is 52.0 Å². The third-order valence-corrected chi connectivity index (χ3v) is 6.45. The lowest BCUT2D eigenvalue weighted by Gasteiger charge is -2.37. The highest BCUT2D eigenvalue weighted by atomic mass is 35.5. The summed E-state index contributed by atoms with van der Waals surface area (Å²) in [6.07, 6.45) is 7.53. The number of carbonyl (C=O) groups is 2. The summed E-state index contributed by atoms with van der Waals surface area (Å²) in [6, 6.07) is 2.92. The van der Waals surface area contributed by atoms with E-state index in [4.69, 9.17) is 26.8 Å². The van der Waals surface area contributed by atoms with E-state index in [1.165, 1.54) is 19.6 Å². The maximum absolute atomic E-state index is 12.9. The van der Waals surface area contributed by atoms with Crippen LogP contribution in [0.4, 0.5) is 5.69 Å². The molecule has 32 heavy (non-hydrogen) atoms. The van der Waals surface area contributed by atoms with E-state index < -0.39 is 0 Å². The van der Waals surface area contributed by atoms with Gasteiger partial charge in [-0.3, -0.25) is 14.5 Å². The lowest BCUT2D eigenvalue weighted by Crippen LogP contribution is -2.54. The van der Waals surface area contributed by atoms with Crippen molar-refractivity contribution < 1.29 is 19.1 Å². The van der Waals surface area contributed by atoms with Gasteiger partial charge in [-0.05, 0) is 31.7 Å². The second kappa shape index (κ2) is 11.5. The van der Waals surface area contributed by atoms with Crippen LogP contribution in [-0.4, -0.2) is 80.7 Å². The van der Waals surface area contributed by atoms with E-state index in [2.05, 4.69) is 10.2 Å². The van der Waals surface area contributed by atoms with Gasteiger partial charge in [0.25, 0.3) is 5.91 Å². The number of benzene rings is 1. The fraction of sp³-hybridized carbons (Fsp3) is 0.565. The quantitative estimate of drug-likeness (QED) is 0.474. The van der Waals surface area contributed by atoms with E-state index in [9.17, 15) is 9.59 Å². The number of nitrogens with two attached hydrogens (primary N) is 1. The van der Waals surface area contributed by atoms with Gasteiger partial charge in [0.05, 0.1) is 35.5 Å². The lowest BCUT2D eigenvalue weighted by atomic mass is 10.0. The van der Waals surface area contributed by atoms with Crippen molar-refractivity contribution in [3.8, 4) is 5.75 Å².